The van der Waals surface area contributed by atoms with Crippen molar-refractivity contribution in [3.63, 3.8) is 0 Å². The fourth-order valence-corrected chi connectivity index (χ4v) is 1.39. The van der Waals surface area contributed by atoms with Crippen molar-refractivity contribution in [2.45, 2.75) is 18.6 Å². The van der Waals surface area contributed by atoms with Crippen LogP contribution >= 0.6 is 7.82 Å². The minimum atomic E-state index is -4.74. The van der Waals surface area contributed by atoms with Gasteiger partial charge in [0.25, 0.3) is 0 Å². The summed E-state index contributed by atoms with van der Waals surface area (Å²) in [5, 5.41) is 8.48. The van der Waals surface area contributed by atoms with E-state index in [0.717, 1.165) is 0 Å². The summed E-state index contributed by atoms with van der Waals surface area (Å²) in [6.07, 6.45) is -1.34. The van der Waals surface area contributed by atoms with E-state index in [4.69, 9.17) is 26.4 Å². The van der Waals surface area contributed by atoms with Crippen molar-refractivity contribution in [3.8, 4) is 0 Å². The molecule has 8 nitrogen and oxygen atoms in total. The number of hydrogen-bond donors (Lipinski definition) is 5. The summed E-state index contributed by atoms with van der Waals surface area (Å²) in [5.41, 5.74) is 10.2. The van der Waals surface area contributed by atoms with Gasteiger partial charge in [-0.15, -0.1) is 0 Å². The average Bonchev–Trinajstić information content (AvgIpc) is 1.99. The van der Waals surface area contributed by atoms with Crippen LogP contribution in [-0.2, 0) is 13.9 Å². The highest BCUT2D eigenvalue weighted by Gasteiger charge is 2.30. The van der Waals surface area contributed by atoms with Crippen LogP contribution in [0.3, 0.4) is 0 Å². The Morgan fingerprint density at radius 2 is 2.00 bits per heavy atom. The minimum Gasteiger partial charge on any atom is -0.480 e. The smallest absolute Gasteiger partial charge is 0.469 e. The van der Waals surface area contributed by atoms with Gasteiger partial charge < -0.3 is 26.4 Å². The maximum atomic E-state index is 10.4. The largest absolute Gasteiger partial charge is 0.480 e. The standard InChI is InChI=1S/C5H13N2O6P/c6-2-1-3(4(7)5(8)9)13-14(10,11)12/h3-4H,1-2,6-7H2,(H,8,9)(H2,10,11,12)/t3?,4-/m0/s1. The van der Waals surface area contributed by atoms with Crippen molar-refractivity contribution >= 4 is 13.8 Å². The Morgan fingerprint density at radius 3 is 2.29 bits per heavy atom. The molecule has 9 heteroatoms. The number of aliphatic carboxylic acids is 1. The van der Waals surface area contributed by atoms with Crippen molar-refractivity contribution in [2.75, 3.05) is 6.54 Å². The molecule has 0 saturated carbocycles. The number of hydrogen-bond acceptors (Lipinski definition) is 5. The molecule has 7 N–H and O–H groups in total. The molecule has 0 fully saturated rings. The molecule has 0 saturated heterocycles. The Bertz CT molecular complexity index is 240. The SMILES string of the molecule is NCCC(OP(=O)(O)O)[C@H](N)C(=O)O. The second-order valence-corrected chi connectivity index (χ2v) is 3.77. The highest BCUT2D eigenvalue weighted by atomic mass is 31.2. The van der Waals surface area contributed by atoms with E-state index in [0.29, 0.717) is 0 Å². The molecule has 0 aliphatic carbocycles. The third kappa shape index (κ3) is 5.28. The first-order valence-corrected chi connectivity index (χ1v) is 5.23. The van der Waals surface area contributed by atoms with E-state index in [1.54, 1.807) is 0 Å². The molecule has 0 aromatic carbocycles. The minimum absolute atomic E-state index is 0.0195. The third-order valence-corrected chi connectivity index (χ3v) is 1.96. The Hall–Kier alpha value is -0.500. The molecule has 0 heterocycles. The predicted molar refractivity (Wildman–Crippen MR) is 46.2 cm³/mol. The first-order valence-electron chi connectivity index (χ1n) is 3.70. The van der Waals surface area contributed by atoms with Gasteiger partial charge in [0.05, 0.1) is 6.10 Å². The van der Waals surface area contributed by atoms with Crippen LogP contribution in [0.15, 0.2) is 0 Å². The molecule has 0 aliphatic heterocycles. The quantitative estimate of drug-likeness (QED) is 0.334. The van der Waals surface area contributed by atoms with Crippen molar-refractivity contribution < 1.29 is 28.8 Å². The van der Waals surface area contributed by atoms with E-state index in [9.17, 15) is 9.36 Å². The summed E-state index contributed by atoms with van der Waals surface area (Å²) in [5.74, 6) is -1.41. The Balaban J connectivity index is 4.43. The van der Waals surface area contributed by atoms with Gasteiger partial charge >= 0.3 is 13.8 Å². The lowest BCUT2D eigenvalue weighted by atomic mass is 10.1. The summed E-state index contributed by atoms with van der Waals surface area (Å²) in [4.78, 5) is 27.3. The number of nitrogens with two attached hydrogens (primary N) is 2. The van der Waals surface area contributed by atoms with Gasteiger partial charge in [0.15, 0.2) is 0 Å². The molecule has 0 bridgehead atoms. The topological polar surface area (TPSA) is 156 Å². The molecule has 0 radical (unpaired) electrons. The van der Waals surface area contributed by atoms with Gasteiger partial charge in [-0.3, -0.25) is 9.32 Å². The molecule has 0 spiro atoms. The molecule has 84 valence electrons. The first kappa shape index (κ1) is 13.5. The molecule has 0 amide bonds. The monoisotopic (exact) mass is 228 g/mol. The average molecular weight is 228 g/mol. The van der Waals surface area contributed by atoms with E-state index < -0.39 is 25.9 Å². The number of carboxylic acid groups (broad SMARTS) is 1. The van der Waals surface area contributed by atoms with Gasteiger partial charge in [0.2, 0.25) is 0 Å². The highest BCUT2D eigenvalue weighted by molar-refractivity contribution is 7.46. The second kappa shape index (κ2) is 5.40. The van der Waals surface area contributed by atoms with Crippen LogP contribution in [0.1, 0.15) is 6.42 Å². The van der Waals surface area contributed by atoms with E-state index in [2.05, 4.69) is 4.52 Å². The number of carbonyl (C=O) groups is 1. The van der Waals surface area contributed by atoms with Crippen LogP contribution in [0.25, 0.3) is 0 Å². The second-order valence-electron chi connectivity index (χ2n) is 2.58. The van der Waals surface area contributed by atoms with Gasteiger partial charge in [0, 0.05) is 0 Å². The summed E-state index contributed by atoms with van der Waals surface area (Å²) in [7, 11) is -4.74. The lowest BCUT2D eigenvalue weighted by Crippen LogP contribution is -2.43. The summed E-state index contributed by atoms with van der Waals surface area (Å²) >= 11 is 0. The normalized spacial score (nSPS) is 16.3. The van der Waals surface area contributed by atoms with Crippen LogP contribution in [-0.4, -0.2) is 39.6 Å². The van der Waals surface area contributed by atoms with E-state index in [1.165, 1.54) is 0 Å². The van der Waals surface area contributed by atoms with Crippen LogP contribution in [0.5, 0.6) is 0 Å². The van der Waals surface area contributed by atoms with Crippen LogP contribution in [0.2, 0.25) is 0 Å². The number of rotatable bonds is 6. The maximum absolute atomic E-state index is 10.4. The third-order valence-electron chi connectivity index (χ3n) is 1.41. The Morgan fingerprint density at radius 1 is 1.50 bits per heavy atom. The molecule has 0 aromatic rings. The highest BCUT2D eigenvalue weighted by Crippen LogP contribution is 2.38. The molecule has 14 heavy (non-hydrogen) atoms. The maximum Gasteiger partial charge on any atom is 0.469 e. The fraction of sp³-hybridized carbons (Fsp3) is 0.800. The molecular formula is C5H13N2O6P. The van der Waals surface area contributed by atoms with Gasteiger partial charge in [0.1, 0.15) is 6.04 Å². The van der Waals surface area contributed by atoms with Gasteiger partial charge in [-0.05, 0) is 13.0 Å². The zero-order valence-corrected chi connectivity index (χ0v) is 8.13. The first-order chi connectivity index (χ1) is 6.28. The molecule has 2 atom stereocenters. The molecule has 1 unspecified atom stereocenters. The predicted octanol–water partition coefficient (Wildman–Crippen LogP) is -1.77. The van der Waals surface area contributed by atoms with Gasteiger partial charge in [-0.25, -0.2) is 4.57 Å². The molecule has 0 aromatic heterocycles. The van der Waals surface area contributed by atoms with Crippen molar-refractivity contribution in [1.82, 2.24) is 0 Å². The molecular weight excluding hydrogens is 215 g/mol. The molecule has 0 rings (SSSR count). The van der Waals surface area contributed by atoms with Crippen LogP contribution in [0, 0.1) is 0 Å². The number of carboxylic acids is 1. The van der Waals surface area contributed by atoms with Crippen molar-refractivity contribution in [1.29, 1.82) is 0 Å². The van der Waals surface area contributed by atoms with E-state index >= 15 is 0 Å². The lowest BCUT2D eigenvalue weighted by Gasteiger charge is -2.20. The van der Waals surface area contributed by atoms with E-state index in [-0.39, 0.29) is 13.0 Å². The lowest BCUT2D eigenvalue weighted by molar-refractivity contribution is -0.141. The van der Waals surface area contributed by atoms with Crippen molar-refractivity contribution in [2.24, 2.45) is 11.5 Å². The summed E-state index contributed by atoms with van der Waals surface area (Å²) in [6.45, 7) is 0.0195. The summed E-state index contributed by atoms with van der Waals surface area (Å²) < 4.78 is 14.6. The van der Waals surface area contributed by atoms with E-state index in [1.807, 2.05) is 0 Å². The van der Waals surface area contributed by atoms with Gasteiger partial charge in [-0.1, -0.05) is 0 Å². The Labute approximate surface area is 80.1 Å². The van der Waals surface area contributed by atoms with Gasteiger partial charge in [-0.2, -0.15) is 0 Å². The number of phosphoric acid groups is 1. The van der Waals surface area contributed by atoms with Crippen LogP contribution in [0.4, 0.5) is 0 Å². The Kier molecular flexibility index (Phi) is 5.21. The zero-order valence-electron chi connectivity index (χ0n) is 7.24. The fourth-order valence-electron chi connectivity index (χ4n) is 0.797. The number of phosphoric ester groups is 1. The van der Waals surface area contributed by atoms with Crippen molar-refractivity contribution in [3.05, 3.63) is 0 Å². The molecule has 0 aliphatic rings. The summed E-state index contributed by atoms with van der Waals surface area (Å²) in [6, 6.07) is -1.51. The zero-order chi connectivity index (χ0) is 11.4. The van der Waals surface area contributed by atoms with Crippen LogP contribution < -0.4 is 11.5 Å².